The normalized spacial score (nSPS) is 11.6. The quantitative estimate of drug-likeness (QED) is 0.478. The predicted octanol–water partition coefficient (Wildman–Crippen LogP) is 3.69. The summed E-state index contributed by atoms with van der Waals surface area (Å²) in [7, 11) is 0. The maximum atomic E-state index is 6.02. The summed E-state index contributed by atoms with van der Waals surface area (Å²) < 4.78 is 2.06. The summed E-state index contributed by atoms with van der Waals surface area (Å²) in [6, 6.07) is 11.8. The van der Waals surface area contributed by atoms with Gasteiger partial charge in [-0.05, 0) is 36.4 Å². The summed E-state index contributed by atoms with van der Waals surface area (Å²) >= 11 is 6.02. The molecule has 3 nitrogen and oxygen atoms in total. The molecule has 4 heteroatoms. The molecule has 3 aromatic heterocycles. The molecular formula is C14H8ClN3. The third kappa shape index (κ3) is 1.25. The standard InChI is InChI=1S/C14H8ClN3/c15-11-3-4-12-10(6-11)7-13-17-8-9-2-1-5-16-14(9)18(12)13/h1-8H. The molecule has 86 valence electrons. The van der Waals surface area contributed by atoms with Crippen LogP contribution in [0.3, 0.4) is 0 Å². The molecule has 0 aliphatic carbocycles. The minimum Gasteiger partial charge on any atom is -0.278 e. The molecule has 18 heavy (non-hydrogen) atoms. The number of pyridine rings is 1. The highest BCUT2D eigenvalue weighted by molar-refractivity contribution is 6.31. The van der Waals surface area contributed by atoms with Gasteiger partial charge in [-0.25, -0.2) is 9.97 Å². The average molecular weight is 254 g/mol. The zero-order valence-corrected chi connectivity index (χ0v) is 10.1. The summed E-state index contributed by atoms with van der Waals surface area (Å²) in [6.45, 7) is 0. The van der Waals surface area contributed by atoms with Crippen LogP contribution in [0.5, 0.6) is 0 Å². The first-order chi connectivity index (χ1) is 8.83. The first-order valence-corrected chi connectivity index (χ1v) is 6.01. The predicted molar refractivity (Wildman–Crippen MR) is 73.0 cm³/mol. The molecule has 0 aliphatic rings. The highest BCUT2D eigenvalue weighted by Gasteiger charge is 2.07. The van der Waals surface area contributed by atoms with Crippen LogP contribution in [0.4, 0.5) is 0 Å². The molecule has 0 atom stereocenters. The van der Waals surface area contributed by atoms with E-state index in [1.165, 1.54) is 0 Å². The van der Waals surface area contributed by atoms with Crippen molar-refractivity contribution >= 4 is 39.2 Å². The average Bonchev–Trinajstić information content (AvgIpc) is 2.76. The summed E-state index contributed by atoms with van der Waals surface area (Å²) in [5, 5.41) is 2.83. The van der Waals surface area contributed by atoms with E-state index in [0.29, 0.717) is 0 Å². The van der Waals surface area contributed by atoms with Crippen molar-refractivity contribution < 1.29 is 0 Å². The molecule has 0 amide bonds. The lowest BCUT2D eigenvalue weighted by atomic mass is 10.2. The number of benzene rings is 1. The molecular weight excluding hydrogens is 246 g/mol. The second kappa shape index (κ2) is 3.43. The SMILES string of the molecule is Clc1ccc2c(c1)cc1ncc3cccnc3n12. The highest BCUT2D eigenvalue weighted by Crippen LogP contribution is 2.25. The van der Waals surface area contributed by atoms with Crippen molar-refractivity contribution in [2.75, 3.05) is 0 Å². The van der Waals surface area contributed by atoms with Gasteiger partial charge in [0.25, 0.3) is 0 Å². The number of fused-ring (bicyclic) bond motifs is 5. The van der Waals surface area contributed by atoms with Crippen LogP contribution in [0.25, 0.3) is 27.6 Å². The second-order valence-electron chi connectivity index (χ2n) is 4.22. The molecule has 3 heterocycles. The lowest BCUT2D eigenvalue weighted by molar-refractivity contribution is 1.18. The Balaban J connectivity index is 2.33. The largest absolute Gasteiger partial charge is 0.278 e. The van der Waals surface area contributed by atoms with E-state index >= 15 is 0 Å². The number of halogens is 1. The lowest BCUT2D eigenvalue weighted by Gasteiger charge is -2.02. The van der Waals surface area contributed by atoms with Crippen LogP contribution in [0.15, 0.2) is 48.8 Å². The van der Waals surface area contributed by atoms with E-state index in [4.69, 9.17) is 11.6 Å². The lowest BCUT2D eigenvalue weighted by Crippen LogP contribution is -1.92. The summed E-state index contributed by atoms with van der Waals surface area (Å²) in [4.78, 5) is 8.90. The van der Waals surface area contributed by atoms with Gasteiger partial charge in [0.2, 0.25) is 0 Å². The van der Waals surface area contributed by atoms with Crippen LogP contribution in [0.1, 0.15) is 0 Å². The van der Waals surface area contributed by atoms with E-state index in [-0.39, 0.29) is 0 Å². The van der Waals surface area contributed by atoms with Crippen molar-refractivity contribution in [1.82, 2.24) is 14.4 Å². The first-order valence-electron chi connectivity index (χ1n) is 5.63. The van der Waals surface area contributed by atoms with Crippen LogP contribution in [-0.4, -0.2) is 14.4 Å². The van der Waals surface area contributed by atoms with Gasteiger partial charge >= 0.3 is 0 Å². The first kappa shape index (κ1) is 9.85. The van der Waals surface area contributed by atoms with Crippen LogP contribution < -0.4 is 0 Å². The fraction of sp³-hybridized carbons (Fsp3) is 0. The highest BCUT2D eigenvalue weighted by atomic mass is 35.5. The number of hydrogen-bond donors (Lipinski definition) is 0. The molecule has 0 bridgehead atoms. The van der Waals surface area contributed by atoms with Gasteiger partial charge in [0.15, 0.2) is 0 Å². The third-order valence-electron chi connectivity index (χ3n) is 3.11. The van der Waals surface area contributed by atoms with Gasteiger partial charge in [0, 0.05) is 28.2 Å². The summed E-state index contributed by atoms with van der Waals surface area (Å²) in [5.41, 5.74) is 2.88. The van der Waals surface area contributed by atoms with Gasteiger partial charge in [-0.3, -0.25) is 4.40 Å². The number of hydrogen-bond acceptors (Lipinski definition) is 2. The topological polar surface area (TPSA) is 30.2 Å². The van der Waals surface area contributed by atoms with Crippen molar-refractivity contribution in [1.29, 1.82) is 0 Å². The fourth-order valence-electron chi connectivity index (χ4n) is 2.32. The molecule has 0 fully saturated rings. The maximum Gasteiger partial charge on any atom is 0.147 e. The van der Waals surface area contributed by atoms with Crippen molar-refractivity contribution in [2.24, 2.45) is 0 Å². The fourth-order valence-corrected chi connectivity index (χ4v) is 2.50. The van der Waals surface area contributed by atoms with E-state index in [0.717, 1.165) is 32.6 Å². The van der Waals surface area contributed by atoms with E-state index in [1.807, 2.05) is 42.6 Å². The molecule has 0 saturated heterocycles. The van der Waals surface area contributed by atoms with Gasteiger partial charge in [0.1, 0.15) is 11.3 Å². The van der Waals surface area contributed by atoms with Crippen molar-refractivity contribution in [3.63, 3.8) is 0 Å². The van der Waals surface area contributed by atoms with Crippen LogP contribution >= 0.6 is 11.6 Å². The zero-order valence-electron chi connectivity index (χ0n) is 9.34. The van der Waals surface area contributed by atoms with Gasteiger partial charge in [-0.15, -0.1) is 0 Å². The van der Waals surface area contributed by atoms with Crippen molar-refractivity contribution in [2.45, 2.75) is 0 Å². The third-order valence-corrected chi connectivity index (χ3v) is 3.34. The molecule has 4 aromatic rings. The van der Waals surface area contributed by atoms with E-state index in [9.17, 15) is 0 Å². The molecule has 4 rings (SSSR count). The van der Waals surface area contributed by atoms with Gasteiger partial charge in [-0.2, -0.15) is 0 Å². The molecule has 1 aromatic carbocycles. The Bertz CT molecular complexity index is 895. The molecule has 0 spiro atoms. The van der Waals surface area contributed by atoms with Crippen LogP contribution in [0, 0.1) is 0 Å². The summed E-state index contributed by atoms with van der Waals surface area (Å²) in [6.07, 6.45) is 3.64. The minimum absolute atomic E-state index is 0.732. The van der Waals surface area contributed by atoms with Crippen LogP contribution in [0.2, 0.25) is 5.02 Å². The van der Waals surface area contributed by atoms with Crippen molar-refractivity contribution in [3.05, 3.63) is 53.8 Å². The van der Waals surface area contributed by atoms with E-state index < -0.39 is 0 Å². The minimum atomic E-state index is 0.732. The van der Waals surface area contributed by atoms with Gasteiger partial charge < -0.3 is 0 Å². The zero-order chi connectivity index (χ0) is 12.1. The Morgan fingerprint density at radius 2 is 1.94 bits per heavy atom. The Kier molecular flexibility index (Phi) is 1.88. The van der Waals surface area contributed by atoms with Crippen LogP contribution in [-0.2, 0) is 0 Å². The van der Waals surface area contributed by atoms with Crippen molar-refractivity contribution in [3.8, 4) is 0 Å². The van der Waals surface area contributed by atoms with Gasteiger partial charge in [-0.1, -0.05) is 11.6 Å². The number of aromatic nitrogens is 3. The molecule has 0 radical (unpaired) electrons. The number of nitrogens with zero attached hydrogens (tertiary/aromatic N) is 3. The Morgan fingerprint density at radius 1 is 1.00 bits per heavy atom. The van der Waals surface area contributed by atoms with E-state index in [2.05, 4.69) is 14.4 Å². The van der Waals surface area contributed by atoms with Gasteiger partial charge in [0.05, 0.1) is 5.52 Å². The Hall–Kier alpha value is -2.13. The molecule has 0 saturated carbocycles. The Morgan fingerprint density at radius 3 is 2.89 bits per heavy atom. The Labute approximate surface area is 108 Å². The summed E-state index contributed by atoms with van der Waals surface area (Å²) in [5.74, 6) is 0. The molecule has 0 unspecified atom stereocenters. The maximum absolute atomic E-state index is 6.02. The number of rotatable bonds is 0. The smallest absolute Gasteiger partial charge is 0.147 e. The van der Waals surface area contributed by atoms with E-state index in [1.54, 1.807) is 6.20 Å². The monoisotopic (exact) mass is 253 g/mol. The second-order valence-corrected chi connectivity index (χ2v) is 4.65. The molecule has 0 aliphatic heterocycles. The molecule has 0 N–H and O–H groups in total.